The van der Waals surface area contributed by atoms with Gasteiger partial charge in [-0.05, 0) is 57.8 Å². The first-order valence-corrected chi connectivity index (χ1v) is 9.98. The number of nitrogens with zero attached hydrogens (tertiary/aromatic N) is 3. The summed E-state index contributed by atoms with van der Waals surface area (Å²) in [5, 5.41) is 3.46. The van der Waals surface area contributed by atoms with Crippen molar-refractivity contribution in [3.8, 4) is 0 Å². The van der Waals surface area contributed by atoms with E-state index in [0.717, 1.165) is 64.4 Å². The van der Waals surface area contributed by atoms with Crippen LogP contribution in [0.5, 0.6) is 0 Å². The number of aryl methyl sites for hydroxylation is 1. The molecule has 0 saturated carbocycles. The Kier molecular flexibility index (Phi) is 11.4. The minimum Gasteiger partial charge on any atom is -0.369 e. The normalized spacial score (nSPS) is 15.8. The largest absolute Gasteiger partial charge is 0.369 e. The highest BCUT2D eigenvalue weighted by Crippen LogP contribution is 2.16. The fourth-order valence-electron chi connectivity index (χ4n) is 3.53. The van der Waals surface area contributed by atoms with Gasteiger partial charge in [0, 0.05) is 33.1 Å². The lowest BCUT2D eigenvalue weighted by Crippen LogP contribution is -2.40. The van der Waals surface area contributed by atoms with Crippen LogP contribution < -0.4 is 11.1 Å². The molecule has 0 radical (unpaired) electrons. The maximum Gasteiger partial charge on any atom is 0.220 e. The average molecular weight is 501 g/mol. The van der Waals surface area contributed by atoms with Crippen molar-refractivity contribution in [1.29, 1.82) is 0 Å². The van der Waals surface area contributed by atoms with Gasteiger partial charge in [-0.2, -0.15) is 0 Å². The summed E-state index contributed by atoms with van der Waals surface area (Å²) in [5.74, 6) is 0.869. The molecule has 1 aromatic rings. The van der Waals surface area contributed by atoms with E-state index in [9.17, 15) is 4.79 Å². The lowest BCUT2D eigenvalue weighted by molar-refractivity contribution is -0.123. The summed E-state index contributed by atoms with van der Waals surface area (Å²) >= 11 is 0. The molecule has 7 heteroatoms. The molecule has 1 saturated heterocycles. The van der Waals surface area contributed by atoms with Gasteiger partial charge >= 0.3 is 0 Å². The summed E-state index contributed by atoms with van der Waals surface area (Å²) < 4.78 is 0. The van der Waals surface area contributed by atoms with Crippen LogP contribution in [0.25, 0.3) is 0 Å². The number of nitrogens with one attached hydrogen (secondary N) is 1. The zero-order valence-electron chi connectivity index (χ0n) is 17.5. The highest BCUT2D eigenvalue weighted by molar-refractivity contribution is 14.0. The highest BCUT2D eigenvalue weighted by Gasteiger charge is 2.22. The second-order valence-electron chi connectivity index (χ2n) is 7.54. The summed E-state index contributed by atoms with van der Waals surface area (Å²) in [4.78, 5) is 20.2. The third kappa shape index (κ3) is 8.34. The first kappa shape index (κ1) is 24.7. The van der Waals surface area contributed by atoms with E-state index in [-0.39, 0.29) is 35.8 Å². The van der Waals surface area contributed by atoms with Crippen molar-refractivity contribution in [1.82, 2.24) is 15.1 Å². The quantitative estimate of drug-likeness (QED) is 0.249. The lowest BCUT2D eigenvalue weighted by Gasteiger charge is -2.30. The highest BCUT2D eigenvalue weighted by atomic mass is 127. The molecule has 1 aromatic carbocycles. The van der Waals surface area contributed by atoms with Crippen LogP contribution >= 0.6 is 24.0 Å². The fraction of sp³-hybridized carbons (Fsp3) is 0.619. The molecule has 2 rings (SSSR count). The molecule has 1 amide bonds. The number of carbonyl (C=O) groups is 1. The number of halogens is 1. The molecule has 0 aromatic heterocycles. The van der Waals surface area contributed by atoms with E-state index in [2.05, 4.69) is 58.3 Å². The number of carbonyl (C=O) groups excluding carboxylic acids is 1. The average Bonchev–Trinajstić information content (AvgIpc) is 2.66. The summed E-state index contributed by atoms with van der Waals surface area (Å²) in [5.41, 5.74) is 7.96. The Labute approximate surface area is 187 Å². The summed E-state index contributed by atoms with van der Waals surface area (Å²) in [6, 6.07) is 8.62. The van der Waals surface area contributed by atoms with Crippen molar-refractivity contribution in [3.05, 3.63) is 35.4 Å². The Morgan fingerprint density at radius 2 is 1.89 bits per heavy atom. The van der Waals surface area contributed by atoms with Gasteiger partial charge in [0.05, 0.1) is 0 Å². The number of guanidine groups is 1. The minimum atomic E-state index is -0.139. The number of hydrogen-bond acceptors (Lipinski definition) is 3. The van der Waals surface area contributed by atoms with Crippen LogP contribution in [0.2, 0.25) is 0 Å². The molecule has 1 aliphatic heterocycles. The first-order chi connectivity index (χ1) is 13.0. The van der Waals surface area contributed by atoms with Crippen LogP contribution in [-0.2, 0) is 11.3 Å². The van der Waals surface area contributed by atoms with Crippen LogP contribution in [0, 0.1) is 12.8 Å². The first-order valence-electron chi connectivity index (χ1n) is 9.98. The molecule has 158 valence electrons. The van der Waals surface area contributed by atoms with Crippen molar-refractivity contribution in [2.24, 2.45) is 16.6 Å². The second-order valence-corrected chi connectivity index (χ2v) is 7.54. The Morgan fingerprint density at radius 3 is 2.46 bits per heavy atom. The molecule has 0 spiro atoms. The van der Waals surface area contributed by atoms with Crippen LogP contribution in [0.15, 0.2) is 29.3 Å². The van der Waals surface area contributed by atoms with Crippen molar-refractivity contribution in [3.63, 3.8) is 0 Å². The van der Waals surface area contributed by atoms with Gasteiger partial charge in [0.2, 0.25) is 5.91 Å². The van der Waals surface area contributed by atoms with E-state index in [4.69, 9.17) is 5.73 Å². The Morgan fingerprint density at radius 1 is 1.25 bits per heavy atom. The topological polar surface area (TPSA) is 74.0 Å². The maximum atomic E-state index is 11.2. The third-order valence-electron chi connectivity index (χ3n) is 5.29. The van der Waals surface area contributed by atoms with Gasteiger partial charge in [0.15, 0.2) is 5.96 Å². The SMILES string of the molecule is CN=C(NCCCCN1CCC(C(N)=O)CC1)N(C)Cc1ccc(C)cc1.I. The number of likely N-dealkylation sites (tertiary alicyclic amines) is 1. The molecular formula is C21H36IN5O. The van der Waals surface area contributed by atoms with Crippen LogP contribution in [0.1, 0.15) is 36.8 Å². The van der Waals surface area contributed by atoms with E-state index < -0.39 is 0 Å². The molecule has 1 fully saturated rings. The number of benzene rings is 1. The zero-order valence-corrected chi connectivity index (χ0v) is 19.8. The summed E-state index contributed by atoms with van der Waals surface area (Å²) in [6.07, 6.45) is 4.06. The molecule has 28 heavy (non-hydrogen) atoms. The molecule has 1 aliphatic rings. The summed E-state index contributed by atoms with van der Waals surface area (Å²) in [7, 11) is 3.90. The van der Waals surface area contributed by atoms with Crippen LogP contribution in [0.3, 0.4) is 0 Å². The Bertz CT molecular complexity index is 612. The number of hydrogen-bond donors (Lipinski definition) is 2. The van der Waals surface area contributed by atoms with Crippen molar-refractivity contribution < 1.29 is 4.79 Å². The van der Waals surface area contributed by atoms with E-state index in [1.54, 1.807) is 0 Å². The molecule has 0 atom stereocenters. The van der Waals surface area contributed by atoms with Gasteiger partial charge in [-0.15, -0.1) is 24.0 Å². The molecular weight excluding hydrogens is 465 g/mol. The predicted molar refractivity (Wildman–Crippen MR) is 127 cm³/mol. The van der Waals surface area contributed by atoms with E-state index in [1.165, 1.54) is 11.1 Å². The minimum absolute atomic E-state index is 0. The van der Waals surface area contributed by atoms with E-state index in [0.29, 0.717) is 0 Å². The molecule has 6 nitrogen and oxygen atoms in total. The number of nitrogens with two attached hydrogens (primary N) is 1. The number of primary amides is 1. The lowest BCUT2D eigenvalue weighted by atomic mass is 9.96. The molecule has 0 unspecified atom stereocenters. The zero-order chi connectivity index (χ0) is 19.6. The van der Waals surface area contributed by atoms with E-state index >= 15 is 0 Å². The van der Waals surface area contributed by atoms with Gasteiger partial charge < -0.3 is 20.9 Å². The Hall–Kier alpha value is -1.35. The van der Waals surface area contributed by atoms with Gasteiger partial charge in [-0.25, -0.2) is 0 Å². The number of amides is 1. The second kappa shape index (κ2) is 13.0. The monoisotopic (exact) mass is 501 g/mol. The number of rotatable bonds is 8. The maximum absolute atomic E-state index is 11.2. The Balaban J connectivity index is 0.00000392. The number of piperidine rings is 1. The van der Waals surface area contributed by atoms with Crippen LogP contribution in [-0.4, -0.2) is 61.9 Å². The standard InChI is InChI=1S/C21H35N5O.HI/c1-17-6-8-18(9-7-17)16-25(3)21(23-2)24-12-4-5-13-26-14-10-19(11-15-26)20(22)27;/h6-9,19H,4-5,10-16H2,1-3H3,(H2,22,27)(H,23,24);1H. The van der Waals surface area contributed by atoms with Crippen LogP contribution in [0.4, 0.5) is 0 Å². The smallest absolute Gasteiger partial charge is 0.220 e. The fourth-order valence-corrected chi connectivity index (χ4v) is 3.53. The van der Waals surface area contributed by atoms with Crippen molar-refractivity contribution >= 4 is 35.8 Å². The van der Waals surface area contributed by atoms with Crippen molar-refractivity contribution in [2.45, 2.75) is 39.2 Å². The van der Waals surface area contributed by atoms with Gasteiger partial charge in [-0.3, -0.25) is 9.79 Å². The summed E-state index contributed by atoms with van der Waals surface area (Å²) in [6.45, 7) is 6.93. The van der Waals surface area contributed by atoms with E-state index in [1.807, 2.05) is 7.05 Å². The number of unbranched alkanes of at least 4 members (excludes halogenated alkanes) is 1. The molecule has 1 heterocycles. The molecule has 0 bridgehead atoms. The van der Waals surface area contributed by atoms with Gasteiger partial charge in [0.25, 0.3) is 0 Å². The molecule has 0 aliphatic carbocycles. The van der Waals surface area contributed by atoms with Crippen molar-refractivity contribution in [2.75, 3.05) is 40.3 Å². The number of aliphatic imine (C=N–C) groups is 1. The van der Waals surface area contributed by atoms with Gasteiger partial charge in [-0.1, -0.05) is 29.8 Å². The predicted octanol–water partition coefficient (Wildman–Crippen LogP) is 2.60. The third-order valence-corrected chi connectivity index (χ3v) is 5.29. The molecule has 3 N–H and O–H groups in total. The van der Waals surface area contributed by atoms with Gasteiger partial charge in [0.1, 0.15) is 0 Å².